The molecule has 1 fully saturated rings. The summed E-state index contributed by atoms with van der Waals surface area (Å²) in [6.07, 6.45) is 2.29. The monoisotopic (exact) mass is 410 g/mol. The summed E-state index contributed by atoms with van der Waals surface area (Å²) in [5.41, 5.74) is 5.39. The highest BCUT2D eigenvalue weighted by Crippen LogP contribution is 2.27. The predicted octanol–water partition coefficient (Wildman–Crippen LogP) is 1.84. The Morgan fingerprint density at radius 3 is 2.76 bits per heavy atom. The number of carbonyl (C=O) groups is 1. The summed E-state index contributed by atoms with van der Waals surface area (Å²) in [6, 6.07) is 2.94. The number of anilines is 1. The van der Waals surface area contributed by atoms with E-state index in [0.717, 1.165) is 31.0 Å². The van der Waals surface area contributed by atoms with E-state index in [-0.39, 0.29) is 48.1 Å². The van der Waals surface area contributed by atoms with Gasteiger partial charge >= 0.3 is 0 Å². The summed E-state index contributed by atoms with van der Waals surface area (Å²) >= 11 is 0. The Bertz CT molecular complexity index is 535. The number of hydrogen-bond donors (Lipinski definition) is 3. The molecule has 0 aliphatic heterocycles. The third kappa shape index (κ3) is 6.23. The molecule has 5 nitrogen and oxygen atoms in total. The lowest BCUT2D eigenvalue weighted by Crippen LogP contribution is -2.30. The molecule has 8 heteroatoms. The van der Waals surface area contributed by atoms with Gasteiger partial charge in [-0.15, -0.1) is 24.0 Å². The number of nitrogens with two attached hydrogens (primary N) is 1. The van der Waals surface area contributed by atoms with E-state index in [9.17, 15) is 13.6 Å². The van der Waals surface area contributed by atoms with Crippen molar-refractivity contribution in [1.82, 2.24) is 5.32 Å². The van der Waals surface area contributed by atoms with Crippen molar-refractivity contribution < 1.29 is 13.6 Å². The number of nitrogens with zero attached hydrogens (tertiary/aromatic N) is 1. The number of carbonyl (C=O) groups excluding carboxylic acids is 1. The zero-order valence-electron chi connectivity index (χ0n) is 11.2. The SMILES string of the molecule is I.NC(=NCC(=O)NCC1CC1)Nc1cc(F)ccc1F. The first kappa shape index (κ1) is 17.6. The van der Waals surface area contributed by atoms with Gasteiger partial charge in [0.1, 0.15) is 18.2 Å². The number of rotatable bonds is 5. The van der Waals surface area contributed by atoms with Crippen molar-refractivity contribution in [2.24, 2.45) is 16.6 Å². The molecule has 1 aromatic carbocycles. The second-order valence-electron chi connectivity index (χ2n) is 4.70. The van der Waals surface area contributed by atoms with Crippen LogP contribution in [0, 0.1) is 17.6 Å². The Kier molecular flexibility index (Phi) is 6.79. The van der Waals surface area contributed by atoms with Crippen LogP contribution in [0.2, 0.25) is 0 Å². The van der Waals surface area contributed by atoms with Crippen molar-refractivity contribution in [3.05, 3.63) is 29.8 Å². The zero-order valence-corrected chi connectivity index (χ0v) is 13.6. The van der Waals surface area contributed by atoms with Crippen LogP contribution in [0.4, 0.5) is 14.5 Å². The van der Waals surface area contributed by atoms with Crippen molar-refractivity contribution in [1.29, 1.82) is 0 Å². The summed E-state index contributed by atoms with van der Waals surface area (Å²) < 4.78 is 26.3. The Balaban J connectivity index is 0.00000220. The van der Waals surface area contributed by atoms with Crippen molar-refractivity contribution in [2.75, 3.05) is 18.4 Å². The molecule has 1 aliphatic carbocycles. The van der Waals surface area contributed by atoms with E-state index in [1.54, 1.807) is 0 Å². The van der Waals surface area contributed by atoms with Crippen molar-refractivity contribution in [2.45, 2.75) is 12.8 Å². The first-order valence-electron chi connectivity index (χ1n) is 6.33. The van der Waals surface area contributed by atoms with Crippen LogP contribution in [0.1, 0.15) is 12.8 Å². The summed E-state index contributed by atoms with van der Waals surface area (Å²) in [6.45, 7) is 0.503. The van der Waals surface area contributed by atoms with Gasteiger partial charge in [-0.2, -0.15) is 0 Å². The maximum Gasteiger partial charge on any atom is 0.241 e. The third-order valence-corrected chi connectivity index (χ3v) is 2.87. The summed E-state index contributed by atoms with van der Waals surface area (Å²) in [7, 11) is 0. The number of hydrogen-bond acceptors (Lipinski definition) is 2. The molecule has 0 atom stereocenters. The van der Waals surface area contributed by atoms with Gasteiger partial charge in [-0.3, -0.25) is 4.79 Å². The van der Waals surface area contributed by atoms with Crippen molar-refractivity contribution in [3.8, 4) is 0 Å². The van der Waals surface area contributed by atoms with E-state index >= 15 is 0 Å². The minimum atomic E-state index is -0.650. The van der Waals surface area contributed by atoms with Crippen molar-refractivity contribution >= 4 is 41.5 Å². The zero-order chi connectivity index (χ0) is 14.5. The molecule has 2 rings (SSSR count). The van der Waals surface area contributed by atoms with Gasteiger partial charge in [-0.25, -0.2) is 13.8 Å². The average Bonchev–Trinajstić information content (AvgIpc) is 3.22. The Morgan fingerprint density at radius 1 is 1.38 bits per heavy atom. The molecule has 0 radical (unpaired) electrons. The second-order valence-corrected chi connectivity index (χ2v) is 4.70. The number of halogens is 3. The van der Waals surface area contributed by atoms with Crippen LogP contribution in [0.25, 0.3) is 0 Å². The minimum absolute atomic E-state index is 0. The Labute approximate surface area is 138 Å². The van der Waals surface area contributed by atoms with E-state index in [4.69, 9.17) is 5.73 Å². The molecule has 1 amide bonds. The highest BCUT2D eigenvalue weighted by Gasteiger charge is 2.21. The lowest BCUT2D eigenvalue weighted by Gasteiger charge is -2.07. The molecule has 1 aliphatic rings. The van der Waals surface area contributed by atoms with Gasteiger partial charge in [-0.05, 0) is 30.9 Å². The molecular weight excluding hydrogens is 393 g/mol. The molecule has 0 unspecified atom stereocenters. The lowest BCUT2D eigenvalue weighted by molar-refractivity contribution is -0.119. The number of amides is 1. The van der Waals surface area contributed by atoms with Gasteiger partial charge in [0.05, 0.1) is 5.69 Å². The minimum Gasteiger partial charge on any atom is -0.370 e. The van der Waals surface area contributed by atoms with Crippen LogP contribution < -0.4 is 16.4 Å². The fourth-order valence-electron chi connectivity index (χ4n) is 1.56. The van der Waals surface area contributed by atoms with Crippen LogP contribution in [0.15, 0.2) is 23.2 Å². The summed E-state index contributed by atoms with van der Waals surface area (Å²) in [5.74, 6) is -1.05. The van der Waals surface area contributed by atoms with Crippen LogP contribution in [-0.2, 0) is 4.79 Å². The molecule has 21 heavy (non-hydrogen) atoms. The topological polar surface area (TPSA) is 79.5 Å². The van der Waals surface area contributed by atoms with Crippen LogP contribution in [0.3, 0.4) is 0 Å². The fraction of sp³-hybridized carbons (Fsp3) is 0.385. The smallest absolute Gasteiger partial charge is 0.241 e. The van der Waals surface area contributed by atoms with E-state index in [2.05, 4.69) is 15.6 Å². The van der Waals surface area contributed by atoms with Gasteiger partial charge in [0.25, 0.3) is 0 Å². The molecule has 0 saturated heterocycles. The maximum atomic E-state index is 13.3. The Hall–Kier alpha value is -1.45. The van der Waals surface area contributed by atoms with E-state index in [0.29, 0.717) is 12.5 Å². The first-order chi connectivity index (χ1) is 9.54. The van der Waals surface area contributed by atoms with Crippen molar-refractivity contribution in [3.63, 3.8) is 0 Å². The van der Waals surface area contributed by atoms with E-state index in [1.165, 1.54) is 0 Å². The predicted molar refractivity (Wildman–Crippen MR) is 87.6 cm³/mol. The third-order valence-electron chi connectivity index (χ3n) is 2.87. The van der Waals surface area contributed by atoms with Gasteiger partial charge in [0, 0.05) is 12.6 Å². The lowest BCUT2D eigenvalue weighted by atomic mass is 10.3. The highest BCUT2D eigenvalue weighted by molar-refractivity contribution is 14.0. The molecule has 0 heterocycles. The normalized spacial score (nSPS) is 14.3. The molecule has 4 N–H and O–H groups in total. The average molecular weight is 410 g/mol. The molecule has 0 aromatic heterocycles. The van der Waals surface area contributed by atoms with E-state index in [1.807, 2.05) is 0 Å². The summed E-state index contributed by atoms with van der Waals surface area (Å²) in [5, 5.41) is 5.14. The number of aliphatic imine (C=N–C) groups is 1. The summed E-state index contributed by atoms with van der Waals surface area (Å²) in [4.78, 5) is 15.2. The Morgan fingerprint density at radius 2 is 2.10 bits per heavy atom. The standard InChI is InChI=1S/C13H16F2N4O.HI/c14-9-3-4-10(15)11(5-9)19-13(16)18-7-12(20)17-6-8-1-2-8;/h3-5,8H,1-2,6-7H2,(H,17,20)(H3,16,18,19);1H. The van der Waals surface area contributed by atoms with Crippen LogP contribution >= 0.6 is 24.0 Å². The molecule has 116 valence electrons. The quantitative estimate of drug-likeness (QED) is 0.394. The second kappa shape index (κ2) is 8.11. The van der Waals surface area contributed by atoms with Gasteiger partial charge < -0.3 is 16.4 Å². The van der Waals surface area contributed by atoms with Crippen LogP contribution in [-0.4, -0.2) is 25.0 Å². The first-order valence-corrected chi connectivity index (χ1v) is 6.33. The number of benzene rings is 1. The van der Waals surface area contributed by atoms with E-state index < -0.39 is 11.6 Å². The fourth-order valence-corrected chi connectivity index (χ4v) is 1.56. The maximum absolute atomic E-state index is 13.3. The number of nitrogens with one attached hydrogen (secondary N) is 2. The molecule has 1 saturated carbocycles. The molecular formula is C13H17F2IN4O. The highest BCUT2D eigenvalue weighted by atomic mass is 127. The molecule has 0 bridgehead atoms. The largest absolute Gasteiger partial charge is 0.370 e. The molecule has 0 spiro atoms. The van der Waals surface area contributed by atoms with Gasteiger partial charge in [0.2, 0.25) is 5.91 Å². The number of guanidine groups is 1. The van der Waals surface area contributed by atoms with Gasteiger partial charge in [-0.1, -0.05) is 0 Å². The van der Waals surface area contributed by atoms with Crippen LogP contribution in [0.5, 0.6) is 0 Å². The molecule has 1 aromatic rings. The van der Waals surface area contributed by atoms with Gasteiger partial charge in [0.15, 0.2) is 5.96 Å².